The van der Waals surface area contributed by atoms with E-state index in [0.717, 1.165) is 22.9 Å². The van der Waals surface area contributed by atoms with E-state index < -0.39 is 22.8 Å². The van der Waals surface area contributed by atoms with Gasteiger partial charge < -0.3 is 10.2 Å². The maximum Gasteiger partial charge on any atom is 0.343 e. The van der Waals surface area contributed by atoms with Gasteiger partial charge in [0.1, 0.15) is 24.3 Å². The standard InChI is InChI=1S/C16H6N4O4S2/c17-5-15(6-18,13(21)22)11-1-9(3-25)12(2-10(11)4-26)16(7-19,8-20)14(23)24/h1-4H,(H,21,22)(H,23,24). The van der Waals surface area contributed by atoms with Crippen molar-refractivity contribution >= 4 is 47.1 Å². The highest BCUT2D eigenvalue weighted by Crippen LogP contribution is 2.33. The fourth-order valence-corrected chi connectivity index (χ4v) is 2.58. The second-order valence-corrected chi connectivity index (χ2v) is 5.29. The van der Waals surface area contributed by atoms with Crippen LogP contribution in [0, 0.1) is 45.3 Å². The van der Waals surface area contributed by atoms with Crippen LogP contribution in [0.5, 0.6) is 0 Å². The van der Waals surface area contributed by atoms with Gasteiger partial charge in [0.05, 0.1) is 0 Å². The first kappa shape index (κ1) is 20.3. The van der Waals surface area contributed by atoms with Crippen LogP contribution in [-0.4, -0.2) is 32.9 Å². The molecule has 2 N–H and O–H groups in total. The lowest BCUT2D eigenvalue weighted by atomic mass is 9.75. The summed E-state index contributed by atoms with van der Waals surface area (Å²) in [5, 5.41) is 57.5. The Balaban J connectivity index is 4.12. The first-order chi connectivity index (χ1) is 12.2. The number of nitrogens with zero attached hydrogens (tertiary/aromatic N) is 4. The van der Waals surface area contributed by atoms with Crippen molar-refractivity contribution in [1.82, 2.24) is 0 Å². The van der Waals surface area contributed by atoms with E-state index in [9.17, 15) is 40.8 Å². The van der Waals surface area contributed by atoms with Gasteiger partial charge in [0.25, 0.3) is 10.8 Å². The number of carboxylic acids is 2. The summed E-state index contributed by atoms with van der Waals surface area (Å²) in [6, 6.07) is 7.54. The molecule has 0 heterocycles. The van der Waals surface area contributed by atoms with Crippen LogP contribution in [0.1, 0.15) is 22.3 Å². The number of benzene rings is 1. The van der Waals surface area contributed by atoms with Gasteiger partial charge in [0.2, 0.25) is 0 Å². The van der Waals surface area contributed by atoms with Gasteiger partial charge in [-0.05, 0) is 23.3 Å². The van der Waals surface area contributed by atoms with E-state index in [-0.39, 0.29) is 22.3 Å². The highest BCUT2D eigenvalue weighted by molar-refractivity contribution is 7.79. The van der Waals surface area contributed by atoms with Crippen molar-refractivity contribution in [2.24, 2.45) is 0 Å². The number of hydrogen-bond acceptors (Lipinski definition) is 8. The van der Waals surface area contributed by atoms with Crippen LogP contribution in [0.4, 0.5) is 0 Å². The van der Waals surface area contributed by atoms with Gasteiger partial charge >= 0.3 is 11.9 Å². The van der Waals surface area contributed by atoms with Gasteiger partial charge in [-0.3, -0.25) is 0 Å². The first-order valence-corrected chi connectivity index (χ1v) is 7.40. The Morgan fingerprint density at radius 1 is 0.808 bits per heavy atom. The molecule has 0 amide bonds. The number of nitriles is 4. The Kier molecular flexibility index (Phi) is 5.84. The fourth-order valence-electron chi connectivity index (χ4n) is 2.19. The SMILES string of the molecule is N#CC(C#N)(C(=O)O)c1cc(C=S)c(C(C#N)(C#N)C(=O)O)cc1C=S. The molecule has 26 heavy (non-hydrogen) atoms. The molecule has 126 valence electrons. The van der Waals surface area contributed by atoms with Crippen LogP contribution in [0.25, 0.3) is 0 Å². The molecule has 0 aromatic heterocycles. The van der Waals surface area contributed by atoms with E-state index in [1.165, 1.54) is 24.3 Å². The Hall–Kier alpha value is -3.70. The minimum absolute atomic E-state index is 0.169. The summed E-state index contributed by atoms with van der Waals surface area (Å²) in [6.07, 6.45) is 0. The second kappa shape index (κ2) is 7.46. The van der Waals surface area contributed by atoms with Gasteiger partial charge in [0, 0.05) is 21.9 Å². The van der Waals surface area contributed by atoms with Crippen molar-refractivity contribution in [2.75, 3.05) is 0 Å². The predicted molar refractivity (Wildman–Crippen MR) is 93.0 cm³/mol. The average molecular weight is 382 g/mol. The lowest BCUT2D eigenvalue weighted by molar-refractivity contribution is -0.140. The lowest BCUT2D eigenvalue weighted by Crippen LogP contribution is -2.36. The van der Waals surface area contributed by atoms with Gasteiger partial charge in [0.15, 0.2) is 0 Å². The number of carbonyl (C=O) groups is 2. The summed E-state index contributed by atoms with van der Waals surface area (Å²) < 4.78 is 0. The third-order valence-electron chi connectivity index (χ3n) is 3.60. The van der Waals surface area contributed by atoms with Crippen LogP contribution in [-0.2, 0) is 20.4 Å². The minimum atomic E-state index is -2.64. The topological polar surface area (TPSA) is 170 Å². The van der Waals surface area contributed by atoms with E-state index in [0.29, 0.717) is 0 Å². The van der Waals surface area contributed by atoms with Crippen molar-refractivity contribution in [3.63, 3.8) is 0 Å². The van der Waals surface area contributed by atoms with Gasteiger partial charge in [-0.25, -0.2) is 9.59 Å². The van der Waals surface area contributed by atoms with E-state index in [1.54, 1.807) is 0 Å². The van der Waals surface area contributed by atoms with E-state index >= 15 is 0 Å². The molecule has 0 aliphatic heterocycles. The molecule has 1 aromatic rings. The van der Waals surface area contributed by atoms with Gasteiger partial charge in [-0.2, -0.15) is 21.0 Å². The van der Waals surface area contributed by atoms with Crippen molar-refractivity contribution in [2.45, 2.75) is 10.8 Å². The van der Waals surface area contributed by atoms with Gasteiger partial charge in [-0.1, -0.05) is 24.4 Å². The molecule has 0 atom stereocenters. The number of hydrogen-bond donors (Lipinski definition) is 2. The lowest BCUT2D eigenvalue weighted by Gasteiger charge is -2.22. The number of rotatable bonds is 6. The molecule has 0 unspecified atom stereocenters. The first-order valence-electron chi connectivity index (χ1n) is 6.45. The molecule has 0 spiro atoms. The van der Waals surface area contributed by atoms with Crippen molar-refractivity contribution < 1.29 is 19.8 Å². The predicted octanol–water partition coefficient (Wildman–Crippen LogP) is 1.12. The monoisotopic (exact) mass is 382 g/mol. The van der Waals surface area contributed by atoms with E-state index in [2.05, 4.69) is 0 Å². The number of carboxylic acid groups (broad SMARTS) is 2. The van der Waals surface area contributed by atoms with Crippen molar-refractivity contribution in [1.29, 1.82) is 21.0 Å². The Bertz CT molecular complexity index is 896. The van der Waals surface area contributed by atoms with Crippen LogP contribution in [0.15, 0.2) is 12.1 Å². The van der Waals surface area contributed by atoms with E-state index in [1.807, 2.05) is 0 Å². The zero-order chi connectivity index (χ0) is 20.1. The summed E-state index contributed by atoms with van der Waals surface area (Å²) in [5.41, 5.74) is -6.31. The third-order valence-corrected chi connectivity index (χ3v) is 4.10. The Morgan fingerprint density at radius 3 is 1.23 bits per heavy atom. The summed E-state index contributed by atoms with van der Waals surface area (Å²) in [4.78, 5) is 23.1. The number of thiocarbonyl (C=S) groups is 2. The second-order valence-electron chi connectivity index (χ2n) is 4.82. The van der Waals surface area contributed by atoms with Crippen LogP contribution in [0.3, 0.4) is 0 Å². The van der Waals surface area contributed by atoms with E-state index in [4.69, 9.17) is 24.4 Å². The molecule has 0 radical (unpaired) electrons. The fraction of sp³-hybridized carbons (Fsp3) is 0.125. The molecular weight excluding hydrogens is 376 g/mol. The quantitative estimate of drug-likeness (QED) is 0.679. The molecule has 0 bridgehead atoms. The zero-order valence-electron chi connectivity index (χ0n) is 12.6. The molecule has 10 heteroatoms. The molecule has 0 saturated carbocycles. The maximum atomic E-state index is 11.5. The summed E-state index contributed by atoms with van der Waals surface area (Å²) in [7, 11) is 0. The molecule has 0 fully saturated rings. The molecule has 0 aliphatic carbocycles. The summed E-state index contributed by atoms with van der Waals surface area (Å²) in [5.74, 6) is -3.54. The summed E-state index contributed by atoms with van der Waals surface area (Å²) in [6.45, 7) is 0. The molecule has 0 aliphatic rings. The normalized spacial score (nSPS) is 10.3. The van der Waals surface area contributed by atoms with Crippen LogP contribution >= 0.6 is 24.4 Å². The van der Waals surface area contributed by atoms with Gasteiger partial charge in [-0.15, -0.1) is 0 Å². The number of aliphatic carboxylic acids is 2. The average Bonchev–Trinajstić information content (AvgIpc) is 2.64. The Morgan fingerprint density at radius 2 is 1.08 bits per heavy atom. The third kappa shape index (κ3) is 2.76. The van der Waals surface area contributed by atoms with Crippen LogP contribution < -0.4 is 0 Å². The minimum Gasteiger partial charge on any atom is -0.479 e. The smallest absolute Gasteiger partial charge is 0.343 e. The Labute approximate surface area is 157 Å². The molecular formula is C16H6N4O4S2. The van der Waals surface area contributed by atoms with Crippen molar-refractivity contribution in [3.05, 3.63) is 34.4 Å². The van der Waals surface area contributed by atoms with Crippen LogP contribution in [0.2, 0.25) is 0 Å². The molecule has 8 nitrogen and oxygen atoms in total. The van der Waals surface area contributed by atoms with Crippen molar-refractivity contribution in [3.8, 4) is 24.3 Å². The molecule has 1 aromatic carbocycles. The zero-order valence-corrected chi connectivity index (χ0v) is 14.3. The highest BCUT2D eigenvalue weighted by Gasteiger charge is 2.47. The summed E-state index contributed by atoms with van der Waals surface area (Å²) >= 11 is 9.54. The highest BCUT2D eigenvalue weighted by atomic mass is 32.1. The molecule has 1 rings (SSSR count). The molecule has 0 saturated heterocycles. The maximum absolute atomic E-state index is 11.5. The largest absolute Gasteiger partial charge is 0.479 e.